The zero-order chi connectivity index (χ0) is 0. The third-order valence-corrected chi connectivity index (χ3v) is 0. The quantitative estimate of drug-likeness (QED) is 0.374. The molecule has 0 aliphatic carbocycles. The van der Waals surface area contributed by atoms with Crippen LogP contribution in [0, 0.1) is 0 Å². The third kappa shape index (κ3) is 8.86. The molecule has 0 aromatic heterocycles. The van der Waals surface area contributed by atoms with Gasteiger partial charge in [0.25, 0.3) is 0 Å². The van der Waals surface area contributed by atoms with E-state index >= 15 is 0 Å². The summed E-state index contributed by atoms with van der Waals surface area (Å²) in [7, 11) is 0. The third-order valence-electron chi connectivity index (χ3n) is 0. The van der Waals surface area contributed by atoms with E-state index in [-0.39, 0.29) is 72.8 Å². The van der Waals surface area contributed by atoms with Crippen LogP contribution in [0.2, 0.25) is 0 Å². The molecular formula is GaLiSe2. The van der Waals surface area contributed by atoms with Gasteiger partial charge in [0.05, 0.1) is 0 Å². The Labute approximate surface area is 72.0 Å². The molecule has 0 saturated heterocycles. The van der Waals surface area contributed by atoms with Gasteiger partial charge in [-0.2, -0.15) is 0 Å². The topological polar surface area (TPSA) is 0 Å². The molecule has 0 aliphatic heterocycles. The number of hydrogen-bond acceptors (Lipinski definition) is 0. The molecule has 0 bridgehead atoms. The summed E-state index contributed by atoms with van der Waals surface area (Å²) in [5.74, 6) is 0. The maximum Gasteiger partial charge on any atom is 3.00 e. The molecule has 16 valence electrons. The minimum atomic E-state index is 0. The van der Waals surface area contributed by atoms with Crippen LogP contribution in [0.4, 0.5) is 0 Å². The van der Waals surface area contributed by atoms with Crippen LogP contribution in [0.25, 0.3) is 0 Å². The maximum absolute atomic E-state index is 0. The van der Waals surface area contributed by atoms with Gasteiger partial charge in [-0.1, -0.05) is 0 Å². The fourth-order valence-corrected chi connectivity index (χ4v) is 0. The van der Waals surface area contributed by atoms with Crippen LogP contribution < -0.4 is 18.9 Å². The Bertz CT molecular complexity index is 6.00. The summed E-state index contributed by atoms with van der Waals surface area (Å²) < 4.78 is 0. The van der Waals surface area contributed by atoms with E-state index in [1.54, 1.807) is 0 Å². The summed E-state index contributed by atoms with van der Waals surface area (Å²) in [5.41, 5.74) is 0. The molecule has 0 unspecified atom stereocenters. The first-order valence-corrected chi connectivity index (χ1v) is 0. The second kappa shape index (κ2) is 18.6. The number of rotatable bonds is 0. The summed E-state index contributed by atoms with van der Waals surface area (Å²) in [5, 5.41) is 0. The molecule has 0 heterocycles. The first-order valence-electron chi connectivity index (χ1n) is 0. The van der Waals surface area contributed by atoms with Crippen molar-refractivity contribution in [2.75, 3.05) is 0 Å². The molecule has 0 aromatic carbocycles. The first-order chi connectivity index (χ1) is 0. The average molecular weight is 235 g/mol. The maximum atomic E-state index is 0. The molecular weight excluding hydrogens is 235 g/mol. The van der Waals surface area contributed by atoms with Crippen molar-refractivity contribution in [1.29, 1.82) is 0 Å². The van der Waals surface area contributed by atoms with Crippen molar-refractivity contribution in [3.63, 3.8) is 0 Å². The predicted molar refractivity (Wildman–Crippen MR) is 17.3 cm³/mol. The van der Waals surface area contributed by atoms with E-state index in [9.17, 15) is 0 Å². The van der Waals surface area contributed by atoms with E-state index in [4.69, 9.17) is 0 Å². The second-order valence-electron chi connectivity index (χ2n) is 0. The van der Waals surface area contributed by atoms with Gasteiger partial charge in [-0.3, -0.25) is 0 Å². The summed E-state index contributed by atoms with van der Waals surface area (Å²) in [6.45, 7) is 0. The fourth-order valence-electron chi connectivity index (χ4n) is 0. The minimum Gasteiger partial charge on any atom is -2.00 e. The summed E-state index contributed by atoms with van der Waals surface area (Å²) in [6.07, 6.45) is 0. The first kappa shape index (κ1) is 33.8. The van der Waals surface area contributed by atoms with Crippen LogP contribution in [0.15, 0.2) is 0 Å². The summed E-state index contributed by atoms with van der Waals surface area (Å²) in [6, 6.07) is 0. The normalized spacial score (nSPS) is 0. The van der Waals surface area contributed by atoms with Gasteiger partial charge in [0.15, 0.2) is 0 Å². The molecule has 0 N–H and O–H groups in total. The zero-order valence-electron chi connectivity index (χ0n) is 2.39. The molecule has 0 radical (unpaired) electrons. The van der Waals surface area contributed by atoms with Crippen LogP contribution in [0.1, 0.15) is 0 Å². The Hall–Kier alpha value is 2.27. The predicted octanol–water partition coefficient (Wildman–Crippen LogP) is -4.14. The molecule has 0 nitrogen and oxygen atoms in total. The minimum absolute atomic E-state index is 0. The van der Waals surface area contributed by atoms with Crippen molar-refractivity contribution in [2.45, 2.75) is 0 Å². The van der Waals surface area contributed by atoms with Crippen LogP contribution in [-0.2, 0) is 0 Å². The van der Waals surface area contributed by atoms with Crippen molar-refractivity contribution < 1.29 is 18.9 Å². The largest absolute Gasteiger partial charge is 3.00 e. The Morgan fingerprint density at radius 2 is 0.750 bits per heavy atom. The Balaban J connectivity index is 0. The zero-order valence-corrected chi connectivity index (χ0v) is 8.24. The van der Waals surface area contributed by atoms with Gasteiger partial charge in [-0.05, 0) is 0 Å². The van der Waals surface area contributed by atoms with Crippen LogP contribution >= 0.6 is 0 Å². The molecule has 0 atom stereocenters. The van der Waals surface area contributed by atoms with E-state index in [0.29, 0.717) is 0 Å². The Morgan fingerprint density at radius 3 is 0.750 bits per heavy atom. The SMILES string of the molecule is [Ga+3].[Li+].[Se-2].[Se-2]. The molecule has 0 rings (SSSR count). The van der Waals surface area contributed by atoms with Crippen LogP contribution in [0.3, 0.4) is 0 Å². The average Bonchev–Trinajstić information content (AvgIpc) is 0. The van der Waals surface area contributed by atoms with E-state index < -0.39 is 0 Å². The van der Waals surface area contributed by atoms with Crippen LogP contribution in [-0.4, -0.2) is 53.9 Å². The molecule has 0 aliphatic rings. The Morgan fingerprint density at radius 1 is 0.750 bits per heavy atom. The molecule has 4 heavy (non-hydrogen) atoms. The summed E-state index contributed by atoms with van der Waals surface area (Å²) in [4.78, 5) is 0. The van der Waals surface area contributed by atoms with Crippen molar-refractivity contribution in [3.8, 4) is 0 Å². The van der Waals surface area contributed by atoms with Gasteiger partial charge in [0.2, 0.25) is 0 Å². The van der Waals surface area contributed by atoms with E-state index in [1.165, 1.54) is 0 Å². The van der Waals surface area contributed by atoms with Crippen molar-refractivity contribution in [2.24, 2.45) is 0 Å². The summed E-state index contributed by atoms with van der Waals surface area (Å²) >= 11 is 0. The van der Waals surface area contributed by atoms with Gasteiger partial charge in [-0.15, -0.1) is 0 Å². The molecule has 0 saturated carbocycles. The smallest absolute Gasteiger partial charge is 2.00 e. The van der Waals surface area contributed by atoms with Gasteiger partial charge in [-0.25, -0.2) is 0 Å². The van der Waals surface area contributed by atoms with Gasteiger partial charge in [0, 0.05) is 0 Å². The standard InChI is InChI=1S/Ga.Li.2Se/q+3;+1;2*-2. The van der Waals surface area contributed by atoms with Crippen molar-refractivity contribution >= 4 is 53.9 Å². The molecule has 0 aromatic rings. The van der Waals surface area contributed by atoms with E-state index in [0.717, 1.165) is 0 Å². The van der Waals surface area contributed by atoms with Gasteiger partial charge in [0.1, 0.15) is 0 Å². The van der Waals surface area contributed by atoms with Crippen molar-refractivity contribution in [1.82, 2.24) is 0 Å². The van der Waals surface area contributed by atoms with Gasteiger partial charge >= 0.3 is 38.7 Å². The second-order valence-corrected chi connectivity index (χ2v) is 0. The molecule has 0 fully saturated rings. The molecule has 0 amide bonds. The molecule has 0 spiro atoms. The van der Waals surface area contributed by atoms with E-state index in [1.807, 2.05) is 0 Å². The van der Waals surface area contributed by atoms with Gasteiger partial charge < -0.3 is 34.1 Å². The molecule has 4 heteroatoms. The van der Waals surface area contributed by atoms with Crippen LogP contribution in [0.5, 0.6) is 0 Å². The monoisotopic (exact) mass is 236 g/mol. The van der Waals surface area contributed by atoms with Crippen molar-refractivity contribution in [3.05, 3.63) is 0 Å². The Kier molecular flexibility index (Phi) is 157. The fraction of sp³-hybridized carbons (Fsp3) is 0. The van der Waals surface area contributed by atoms with E-state index in [2.05, 4.69) is 0 Å². The number of hydrogen-bond donors (Lipinski definition) is 0.